The molecule has 0 bridgehead atoms. The van der Waals surface area contributed by atoms with Crippen molar-refractivity contribution in [2.45, 2.75) is 37.3 Å². The Morgan fingerprint density at radius 1 is 1.20 bits per heavy atom. The van der Waals surface area contributed by atoms with Gasteiger partial charge in [-0.2, -0.15) is 9.78 Å². The molecule has 1 fully saturated rings. The Labute approximate surface area is 149 Å². The van der Waals surface area contributed by atoms with Crippen molar-refractivity contribution >= 4 is 29.0 Å². The van der Waals surface area contributed by atoms with Gasteiger partial charge in [0.1, 0.15) is 4.90 Å². The molecule has 1 amide bonds. The second-order valence-electron chi connectivity index (χ2n) is 6.28. The van der Waals surface area contributed by atoms with Crippen LogP contribution in [0.2, 0.25) is 0 Å². The molecule has 4 rings (SSSR count). The third kappa shape index (κ3) is 2.98. The normalized spacial score (nSPS) is 20.4. The fourth-order valence-corrected chi connectivity index (χ4v) is 4.07. The van der Waals surface area contributed by atoms with E-state index in [2.05, 4.69) is 5.10 Å². The largest absolute Gasteiger partial charge is 0.356 e. The molecule has 2 aliphatic rings. The minimum Gasteiger partial charge on any atom is -0.356 e. The summed E-state index contributed by atoms with van der Waals surface area (Å²) < 4.78 is 7.12. The zero-order valence-electron chi connectivity index (χ0n) is 14.0. The molecule has 7 heteroatoms. The molecule has 0 N–H and O–H groups in total. The Morgan fingerprint density at radius 2 is 2.00 bits per heavy atom. The van der Waals surface area contributed by atoms with E-state index in [-0.39, 0.29) is 23.4 Å². The fraction of sp³-hybridized carbons (Fsp3) is 0.389. The summed E-state index contributed by atoms with van der Waals surface area (Å²) in [5.41, 5.74) is 2.25. The first-order chi connectivity index (χ1) is 12.1. The lowest BCUT2D eigenvalue weighted by atomic mass is 10.2. The molecule has 0 saturated carbocycles. The van der Waals surface area contributed by atoms with Gasteiger partial charge in [-0.15, -0.1) is 11.8 Å². The van der Waals surface area contributed by atoms with Gasteiger partial charge in [-0.1, -0.05) is 17.7 Å². The Bertz CT molecular complexity index is 857. The maximum atomic E-state index is 12.9. The van der Waals surface area contributed by atoms with Crippen molar-refractivity contribution in [3.05, 3.63) is 46.4 Å². The molecule has 3 heterocycles. The third-order valence-corrected chi connectivity index (χ3v) is 5.55. The summed E-state index contributed by atoms with van der Waals surface area (Å²) in [6.45, 7) is 2.65. The van der Waals surface area contributed by atoms with E-state index in [0.29, 0.717) is 17.2 Å². The summed E-state index contributed by atoms with van der Waals surface area (Å²) in [7, 11) is 0. The van der Waals surface area contributed by atoms with Gasteiger partial charge in [0.2, 0.25) is 5.91 Å². The first kappa shape index (κ1) is 16.4. The van der Waals surface area contributed by atoms with Gasteiger partial charge in [0, 0.05) is 12.3 Å². The number of hydrogen-bond donors (Lipinski definition) is 0. The predicted molar refractivity (Wildman–Crippen MR) is 96.4 cm³/mol. The molecular weight excluding hydrogens is 338 g/mol. The van der Waals surface area contributed by atoms with E-state index in [0.717, 1.165) is 30.5 Å². The molecule has 0 spiro atoms. The molecule has 6 nitrogen and oxygen atoms in total. The molecule has 0 radical (unpaired) electrons. The number of aromatic nitrogens is 2. The molecular formula is C18H19N3O3S. The molecule has 2 aliphatic heterocycles. The van der Waals surface area contributed by atoms with Gasteiger partial charge >= 0.3 is 0 Å². The molecule has 1 aromatic carbocycles. The smallest absolute Gasteiger partial charge is 0.285 e. The summed E-state index contributed by atoms with van der Waals surface area (Å²) in [5, 5.41) is 4.31. The number of hydrogen-bond acceptors (Lipinski definition) is 5. The van der Waals surface area contributed by atoms with Crippen molar-refractivity contribution < 1.29 is 9.53 Å². The van der Waals surface area contributed by atoms with Crippen LogP contribution in [0.5, 0.6) is 0 Å². The number of ether oxygens (including phenoxy) is 1. The number of aryl methyl sites for hydroxylation is 1. The number of rotatable bonds is 2. The summed E-state index contributed by atoms with van der Waals surface area (Å²) in [6, 6.07) is 7.69. The maximum absolute atomic E-state index is 12.9. The van der Waals surface area contributed by atoms with E-state index in [1.807, 2.05) is 31.2 Å². The van der Waals surface area contributed by atoms with Crippen LogP contribution in [0.15, 0.2) is 40.2 Å². The average molecular weight is 357 g/mol. The second kappa shape index (κ2) is 6.65. The van der Waals surface area contributed by atoms with Crippen LogP contribution in [0.3, 0.4) is 0 Å². The minimum atomic E-state index is -0.308. The Balaban J connectivity index is 1.77. The van der Waals surface area contributed by atoms with E-state index in [1.165, 1.54) is 16.4 Å². The standard InChI is InChI=1S/C18H19N3O3S/c1-12-5-7-13(8-6-12)20-14-10-19-21(16-4-2-3-9-24-16)18(23)17(14)25-11-15(20)22/h5-8,10,16H,2-4,9,11H2,1H3. The molecule has 0 aliphatic carbocycles. The zero-order chi connectivity index (χ0) is 17.4. The SMILES string of the molecule is Cc1ccc(N2C(=O)CSc3c2cnn(C2CCCCO2)c3=O)cc1. The highest BCUT2D eigenvalue weighted by Gasteiger charge is 2.31. The average Bonchev–Trinajstić information content (AvgIpc) is 2.64. The van der Waals surface area contributed by atoms with Gasteiger partial charge in [-0.25, -0.2) is 0 Å². The summed E-state index contributed by atoms with van der Waals surface area (Å²) in [6.07, 6.45) is 4.13. The predicted octanol–water partition coefficient (Wildman–Crippen LogP) is 3.02. The topological polar surface area (TPSA) is 64.4 Å². The van der Waals surface area contributed by atoms with Gasteiger partial charge in [-0.05, 0) is 38.3 Å². The van der Waals surface area contributed by atoms with Crippen LogP contribution in [-0.2, 0) is 9.53 Å². The van der Waals surface area contributed by atoms with Gasteiger partial charge < -0.3 is 4.74 Å². The molecule has 1 saturated heterocycles. The number of benzene rings is 1. The number of carbonyl (C=O) groups is 1. The number of carbonyl (C=O) groups excluding carboxylic acids is 1. The molecule has 25 heavy (non-hydrogen) atoms. The van der Waals surface area contributed by atoms with Crippen LogP contribution in [-0.4, -0.2) is 28.0 Å². The van der Waals surface area contributed by atoms with Crippen LogP contribution < -0.4 is 10.5 Å². The Hall–Kier alpha value is -2.12. The van der Waals surface area contributed by atoms with Crippen LogP contribution >= 0.6 is 11.8 Å². The van der Waals surface area contributed by atoms with Crippen molar-refractivity contribution in [1.29, 1.82) is 0 Å². The number of amides is 1. The highest BCUT2D eigenvalue weighted by molar-refractivity contribution is 8.00. The lowest BCUT2D eigenvalue weighted by Crippen LogP contribution is -2.38. The van der Waals surface area contributed by atoms with Crippen molar-refractivity contribution in [3.63, 3.8) is 0 Å². The van der Waals surface area contributed by atoms with Gasteiger partial charge in [-0.3, -0.25) is 14.5 Å². The minimum absolute atomic E-state index is 0.0470. The molecule has 1 atom stereocenters. The number of fused-ring (bicyclic) bond motifs is 1. The van der Waals surface area contributed by atoms with Crippen LogP contribution in [0, 0.1) is 6.92 Å². The lowest BCUT2D eigenvalue weighted by molar-refractivity contribution is -0.115. The van der Waals surface area contributed by atoms with E-state index in [4.69, 9.17) is 4.74 Å². The highest BCUT2D eigenvalue weighted by Crippen LogP contribution is 2.37. The van der Waals surface area contributed by atoms with Crippen LogP contribution in [0.1, 0.15) is 31.1 Å². The Morgan fingerprint density at radius 3 is 2.72 bits per heavy atom. The van der Waals surface area contributed by atoms with E-state index in [1.54, 1.807) is 11.1 Å². The van der Waals surface area contributed by atoms with Crippen molar-refractivity contribution in [3.8, 4) is 0 Å². The quantitative estimate of drug-likeness (QED) is 0.827. The van der Waals surface area contributed by atoms with Crippen molar-refractivity contribution in [2.24, 2.45) is 0 Å². The number of anilines is 2. The highest BCUT2D eigenvalue weighted by atomic mass is 32.2. The Kier molecular flexibility index (Phi) is 4.35. The first-order valence-electron chi connectivity index (χ1n) is 8.41. The number of nitrogens with zero attached hydrogens (tertiary/aromatic N) is 3. The second-order valence-corrected chi connectivity index (χ2v) is 7.27. The van der Waals surface area contributed by atoms with E-state index < -0.39 is 0 Å². The van der Waals surface area contributed by atoms with Gasteiger partial charge in [0.15, 0.2) is 6.23 Å². The third-order valence-electron chi connectivity index (χ3n) is 4.49. The lowest BCUT2D eigenvalue weighted by Gasteiger charge is -2.30. The van der Waals surface area contributed by atoms with E-state index >= 15 is 0 Å². The molecule has 2 aromatic rings. The number of thioether (sulfide) groups is 1. The fourth-order valence-electron chi connectivity index (χ4n) is 3.17. The summed E-state index contributed by atoms with van der Waals surface area (Å²) in [4.78, 5) is 27.5. The summed E-state index contributed by atoms with van der Waals surface area (Å²) >= 11 is 1.28. The molecule has 1 unspecified atom stereocenters. The van der Waals surface area contributed by atoms with Crippen molar-refractivity contribution in [1.82, 2.24) is 9.78 Å². The van der Waals surface area contributed by atoms with E-state index in [9.17, 15) is 9.59 Å². The van der Waals surface area contributed by atoms with Crippen molar-refractivity contribution in [2.75, 3.05) is 17.3 Å². The monoisotopic (exact) mass is 357 g/mol. The maximum Gasteiger partial charge on any atom is 0.285 e. The van der Waals surface area contributed by atoms with Crippen LogP contribution in [0.25, 0.3) is 0 Å². The summed E-state index contributed by atoms with van der Waals surface area (Å²) in [5.74, 6) is 0.195. The molecule has 130 valence electrons. The first-order valence-corrected chi connectivity index (χ1v) is 9.39. The molecule has 1 aromatic heterocycles. The van der Waals surface area contributed by atoms with Gasteiger partial charge in [0.05, 0.1) is 17.6 Å². The van der Waals surface area contributed by atoms with Gasteiger partial charge in [0.25, 0.3) is 5.56 Å². The zero-order valence-corrected chi connectivity index (χ0v) is 14.8. The van der Waals surface area contributed by atoms with Crippen LogP contribution in [0.4, 0.5) is 11.4 Å².